The highest BCUT2D eigenvalue weighted by atomic mass is 19.1. The quantitative estimate of drug-likeness (QED) is 0.890. The van der Waals surface area contributed by atoms with Gasteiger partial charge in [-0.1, -0.05) is 42.8 Å². The Morgan fingerprint density at radius 2 is 1.82 bits per heavy atom. The summed E-state index contributed by atoms with van der Waals surface area (Å²) in [7, 11) is 0. The van der Waals surface area contributed by atoms with Crippen molar-refractivity contribution in [2.24, 2.45) is 0 Å². The van der Waals surface area contributed by atoms with E-state index in [0.29, 0.717) is 6.42 Å². The molecular formula is C18H20FNO2. The van der Waals surface area contributed by atoms with Gasteiger partial charge in [-0.05, 0) is 36.6 Å². The van der Waals surface area contributed by atoms with E-state index < -0.39 is 11.7 Å². The van der Waals surface area contributed by atoms with Crippen LogP contribution in [0.4, 0.5) is 4.39 Å². The van der Waals surface area contributed by atoms with E-state index >= 15 is 0 Å². The molecule has 2 rings (SSSR count). The van der Waals surface area contributed by atoms with E-state index in [4.69, 9.17) is 5.11 Å². The number of hydrogen-bond donors (Lipinski definition) is 2. The minimum Gasteiger partial charge on any atom is -0.394 e. The van der Waals surface area contributed by atoms with E-state index in [0.717, 1.165) is 16.7 Å². The zero-order chi connectivity index (χ0) is 16.1. The lowest BCUT2D eigenvalue weighted by molar-refractivity contribution is 0.0911. The molecule has 0 heterocycles. The molecule has 116 valence electrons. The van der Waals surface area contributed by atoms with Crippen LogP contribution in [-0.4, -0.2) is 23.7 Å². The number of benzene rings is 2. The number of halogens is 1. The zero-order valence-electron chi connectivity index (χ0n) is 12.8. The van der Waals surface area contributed by atoms with Gasteiger partial charge in [0, 0.05) is 0 Å². The highest BCUT2D eigenvalue weighted by molar-refractivity contribution is 5.95. The van der Waals surface area contributed by atoms with Crippen molar-refractivity contribution in [2.75, 3.05) is 6.61 Å². The molecule has 0 fully saturated rings. The van der Waals surface area contributed by atoms with E-state index in [1.54, 1.807) is 6.07 Å². The standard InChI is InChI=1S/C18H20FNO2/c1-3-15(11-21)20-18(22)16-9-8-14(10-17(16)19)13-6-4-12(2)5-7-13/h4-10,15,21H,3,11H2,1-2H3,(H,20,22). The van der Waals surface area contributed by atoms with Gasteiger partial charge in [0.2, 0.25) is 0 Å². The summed E-state index contributed by atoms with van der Waals surface area (Å²) in [6.45, 7) is 3.67. The highest BCUT2D eigenvalue weighted by Gasteiger charge is 2.15. The number of amides is 1. The third kappa shape index (κ3) is 3.71. The molecule has 0 aliphatic heterocycles. The second-order valence-electron chi connectivity index (χ2n) is 5.32. The van der Waals surface area contributed by atoms with Gasteiger partial charge >= 0.3 is 0 Å². The Bertz CT molecular complexity index is 649. The molecule has 4 heteroatoms. The molecule has 2 N–H and O–H groups in total. The van der Waals surface area contributed by atoms with E-state index in [-0.39, 0.29) is 18.2 Å². The van der Waals surface area contributed by atoms with Crippen LogP contribution in [-0.2, 0) is 0 Å². The van der Waals surface area contributed by atoms with Gasteiger partial charge in [0.25, 0.3) is 5.91 Å². The number of carbonyl (C=O) groups excluding carboxylic acids is 1. The predicted octanol–water partition coefficient (Wildman–Crippen LogP) is 3.30. The SMILES string of the molecule is CCC(CO)NC(=O)c1ccc(-c2ccc(C)cc2)cc1F. The lowest BCUT2D eigenvalue weighted by atomic mass is 10.0. The molecule has 2 aromatic rings. The summed E-state index contributed by atoms with van der Waals surface area (Å²) in [4.78, 5) is 12.0. The van der Waals surface area contributed by atoms with E-state index in [1.807, 2.05) is 38.1 Å². The van der Waals surface area contributed by atoms with Crippen molar-refractivity contribution >= 4 is 5.91 Å². The van der Waals surface area contributed by atoms with Gasteiger partial charge in [-0.3, -0.25) is 4.79 Å². The van der Waals surface area contributed by atoms with Crippen LogP contribution in [0.25, 0.3) is 11.1 Å². The maximum Gasteiger partial charge on any atom is 0.254 e. The molecule has 2 aromatic carbocycles. The van der Waals surface area contributed by atoms with Gasteiger partial charge in [-0.25, -0.2) is 4.39 Å². The van der Waals surface area contributed by atoms with Gasteiger partial charge in [0.15, 0.2) is 0 Å². The Morgan fingerprint density at radius 3 is 2.36 bits per heavy atom. The number of hydrogen-bond acceptors (Lipinski definition) is 2. The summed E-state index contributed by atoms with van der Waals surface area (Å²) in [5.74, 6) is -1.07. The first-order chi connectivity index (χ1) is 10.5. The molecule has 1 amide bonds. The van der Waals surface area contributed by atoms with Gasteiger partial charge < -0.3 is 10.4 Å². The fourth-order valence-electron chi connectivity index (χ4n) is 2.16. The number of nitrogens with one attached hydrogen (secondary N) is 1. The van der Waals surface area contributed by atoms with Crippen molar-refractivity contribution in [2.45, 2.75) is 26.3 Å². The predicted molar refractivity (Wildman–Crippen MR) is 85.2 cm³/mol. The maximum absolute atomic E-state index is 14.2. The second-order valence-corrected chi connectivity index (χ2v) is 5.32. The summed E-state index contributed by atoms with van der Waals surface area (Å²) in [6, 6.07) is 12.0. The smallest absolute Gasteiger partial charge is 0.254 e. The number of aryl methyl sites for hydroxylation is 1. The summed E-state index contributed by atoms with van der Waals surface area (Å²) >= 11 is 0. The van der Waals surface area contributed by atoms with Crippen molar-refractivity contribution in [3.63, 3.8) is 0 Å². The minimum absolute atomic E-state index is 0.0113. The Balaban J connectivity index is 2.22. The molecule has 0 aliphatic rings. The van der Waals surface area contributed by atoms with Gasteiger partial charge in [0.1, 0.15) is 5.82 Å². The minimum atomic E-state index is -0.566. The monoisotopic (exact) mass is 301 g/mol. The first-order valence-corrected chi connectivity index (χ1v) is 7.33. The molecule has 0 aliphatic carbocycles. The Morgan fingerprint density at radius 1 is 1.18 bits per heavy atom. The van der Waals surface area contributed by atoms with E-state index in [1.165, 1.54) is 12.1 Å². The Labute approximate surface area is 129 Å². The fourth-order valence-corrected chi connectivity index (χ4v) is 2.16. The Kier molecular flexibility index (Phi) is 5.28. The van der Waals surface area contributed by atoms with Crippen molar-refractivity contribution < 1.29 is 14.3 Å². The molecule has 0 radical (unpaired) electrons. The molecule has 22 heavy (non-hydrogen) atoms. The summed E-state index contributed by atoms with van der Waals surface area (Å²) in [5.41, 5.74) is 2.75. The lowest BCUT2D eigenvalue weighted by Crippen LogP contribution is -2.37. The average molecular weight is 301 g/mol. The molecule has 0 saturated heterocycles. The van der Waals surface area contributed by atoms with Crippen LogP contribution in [0.2, 0.25) is 0 Å². The van der Waals surface area contributed by atoms with Crippen LogP contribution in [0.15, 0.2) is 42.5 Å². The molecule has 0 saturated carbocycles. The fraction of sp³-hybridized carbons (Fsp3) is 0.278. The normalized spacial score (nSPS) is 12.0. The number of rotatable bonds is 5. The topological polar surface area (TPSA) is 49.3 Å². The number of aliphatic hydroxyl groups excluding tert-OH is 1. The van der Waals surface area contributed by atoms with Crippen LogP contribution in [0.1, 0.15) is 29.3 Å². The molecule has 3 nitrogen and oxygen atoms in total. The lowest BCUT2D eigenvalue weighted by Gasteiger charge is -2.14. The third-order valence-electron chi connectivity index (χ3n) is 3.65. The third-order valence-corrected chi connectivity index (χ3v) is 3.65. The maximum atomic E-state index is 14.2. The first-order valence-electron chi connectivity index (χ1n) is 7.33. The highest BCUT2D eigenvalue weighted by Crippen LogP contribution is 2.22. The van der Waals surface area contributed by atoms with Gasteiger partial charge in [-0.15, -0.1) is 0 Å². The first kappa shape index (κ1) is 16.2. The van der Waals surface area contributed by atoms with E-state index in [2.05, 4.69) is 5.32 Å². The summed E-state index contributed by atoms with van der Waals surface area (Å²) in [5, 5.41) is 11.7. The van der Waals surface area contributed by atoms with Crippen LogP contribution in [0.3, 0.4) is 0 Å². The van der Waals surface area contributed by atoms with E-state index in [9.17, 15) is 9.18 Å². The number of aliphatic hydroxyl groups is 1. The zero-order valence-corrected chi connectivity index (χ0v) is 12.8. The van der Waals surface area contributed by atoms with Gasteiger partial charge in [-0.2, -0.15) is 0 Å². The molecule has 0 spiro atoms. The molecule has 0 bridgehead atoms. The molecule has 0 aromatic heterocycles. The van der Waals surface area contributed by atoms with Crippen LogP contribution in [0, 0.1) is 12.7 Å². The number of carbonyl (C=O) groups is 1. The summed E-state index contributed by atoms with van der Waals surface area (Å²) < 4.78 is 14.2. The van der Waals surface area contributed by atoms with Crippen LogP contribution in [0.5, 0.6) is 0 Å². The molecule has 1 atom stereocenters. The Hall–Kier alpha value is -2.20. The van der Waals surface area contributed by atoms with Crippen molar-refractivity contribution in [3.05, 3.63) is 59.4 Å². The van der Waals surface area contributed by atoms with Crippen molar-refractivity contribution in [3.8, 4) is 11.1 Å². The van der Waals surface area contributed by atoms with Crippen molar-refractivity contribution in [1.82, 2.24) is 5.32 Å². The largest absolute Gasteiger partial charge is 0.394 e. The van der Waals surface area contributed by atoms with Crippen molar-refractivity contribution in [1.29, 1.82) is 0 Å². The van der Waals surface area contributed by atoms with Crippen LogP contribution < -0.4 is 5.32 Å². The van der Waals surface area contributed by atoms with Crippen LogP contribution >= 0.6 is 0 Å². The second kappa shape index (κ2) is 7.18. The molecular weight excluding hydrogens is 281 g/mol. The summed E-state index contributed by atoms with van der Waals surface area (Å²) in [6.07, 6.45) is 0.589. The van der Waals surface area contributed by atoms with Gasteiger partial charge in [0.05, 0.1) is 18.2 Å². The molecule has 1 unspecified atom stereocenters. The average Bonchev–Trinajstić information content (AvgIpc) is 2.53.